The van der Waals surface area contributed by atoms with E-state index in [1.54, 1.807) is 0 Å². The summed E-state index contributed by atoms with van der Waals surface area (Å²) >= 11 is 0. The fourth-order valence-corrected chi connectivity index (χ4v) is 7.33. The number of hydrogen-bond acceptors (Lipinski definition) is 1. The van der Waals surface area contributed by atoms with Gasteiger partial charge >= 0.3 is 0 Å². The average Bonchev–Trinajstić information content (AvgIpc) is 3.50. The maximum absolute atomic E-state index is 10.3. The van der Waals surface area contributed by atoms with Crippen molar-refractivity contribution in [2.75, 3.05) is 0 Å². The van der Waals surface area contributed by atoms with Crippen LogP contribution < -0.4 is 0 Å². The second-order valence-corrected chi connectivity index (χ2v) is 12.0. The maximum atomic E-state index is 10.3. The molecule has 47 heavy (non-hydrogen) atoms. The Hall–Kier alpha value is -6.43. The van der Waals surface area contributed by atoms with E-state index in [1.165, 1.54) is 43.3 Å². The van der Waals surface area contributed by atoms with Crippen LogP contribution in [0.2, 0.25) is 0 Å². The van der Waals surface area contributed by atoms with Crippen LogP contribution >= 0.6 is 0 Å². The Balaban J connectivity index is 1.34. The summed E-state index contributed by atoms with van der Waals surface area (Å²) in [5, 5.41) is 18.9. The third-order valence-corrected chi connectivity index (χ3v) is 9.37. The van der Waals surface area contributed by atoms with Crippen molar-refractivity contribution >= 4 is 43.2 Å². The molecule has 0 aliphatic heterocycles. The lowest BCUT2D eigenvalue weighted by atomic mass is 9.91. The van der Waals surface area contributed by atoms with Gasteiger partial charge in [-0.2, -0.15) is 5.26 Å². The predicted octanol–water partition coefficient (Wildman–Crippen LogP) is 12.0. The molecular formula is C45H28N2. The molecule has 0 saturated heterocycles. The third kappa shape index (κ3) is 4.33. The molecule has 2 nitrogen and oxygen atoms in total. The van der Waals surface area contributed by atoms with E-state index in [1.807, 2.05) is 12.1 Å². The van der Waals surface area contributed by atoms with Crippen molar-refractivity contribution in [3.8, 4) is 45.3 Å². The monoisotopic (exact) mass is 596 g/mol. The highest BCUT2D eigenvalue weighted by atomic mass is 15.0. The van der Waals surface area contributed by atoms with Crippen LogP contribution in [0.4, 0.5) is 0 Å². The van der Waals surface area contributed by atoms with Gasteiger partial charge in [0.05, 0.1) is 22.8 Å². The standard InChI is InChI=1S/C45H28N2/c46-29-30-25-34(33-23-24-40-38-19-8-7-17-36(38)37-18-9-10-20-39(37)42(40)28-33)27-35(26-30)47-43-22-12-11-21-41(43)44(31-13-3-1-4-14-31)45(47)32-15-5-2-6-16-32/h1-28H. The van der Waals surface area contributed by atoms with Crippen LogP contribution in [0.15, 0.2) is 170 Å². The minimum absolute atomic E-state index is 0.624. The van der Waals surface area contributed by atoms with Gasteiger partial charge in [0.2, 0.25) is 0 Å². The number of nitriles is 1. The molecule has 0 N–H and O–H groups in total. The maximum Gasteiger partial charge on any atom is 0.0992 e. The molecule has 0 bridgehead atoms. The largest absolute Gasteiger partial charge is 0.309 e. The summed E-state index contributed by atoms with van der Waals surface area (Å²) in [5.41, 5.74) is 9.34. The molecule has 9 aromatic rings. The van der Waals surface area contributed by atoms with Gasteiger partial charge in [-0.05, 0) is 84.9 Å². The molecule has 8 aromatic carbocycles. The van der Waals surface area contributed by atoms with Crippen molar-refractivity contribution in [2.45, 2.75) is 0 Å². The van der Waals surface area contributed by atoms with E-state index in [0.717, 1.165) is 39.2 Å². The van der Waals surface area contributed by atoms with Crippen molar-refractivity contribution < 1.29 is 0 Å². The van der Waals surface area contributed by atoms with Crippen LogP contribution in [0.25, 0.3) is 82.4 Å². The van der Waals surface area contributed by atoms with Crippen LogP contribution in [-0.2, 0) is 0 Å². The average molecular weight is 597 g/mol. The van der Waals surface area contributed by atoms with Crippen LogP contribution in [0.5, 0.6) is 0 Å². The summed E-state index contributed by atoms with van der Waals surface area (Å²) in [5.74, 6) is 0. The van der Waals surface area contributed by atoms with Crippen molar-refractivity contribution in [1.29, 1.82) is 5.26 Å². The Bertz CT molecular complexity index is 2640. The Morgan fingerprint density at radius 2 is 0.915 bits per heavy atom. The second kappa shape index (κ2) is 10.9. The molecule has 0 fully saturated rings. The molecule has 0 aliphatic rings. The van der Waals surface area contributed by atoms with E-state index < -0.39 is 0 Å². The van der Waals surface area contributed by atoms with Crippen molar-refractivity contribution in [1.82, 2.24) is 4.57 Å². The van der Waals surface area contributed by atoms with Gasteiger partial charge in [-0.3, -0.25) is 0 Å². The Kier molecular flexibility index (Phi) is 6.23. The van der Waals surface area contributed by atoms with E-state index in [-0.39, 0.29) is 0 Å². The second-order valence-electron chi connectivity index (χ2n) is 12.0. The van der Waals surface area contributed by atoms with E-state index in [4.69, 9.17) is 0 Å². The van der Waals surface area contributed by atoms with Gasteiger partial charge in [-0.1, -0.05) is 140 Å². The molecule has 0 amide bonds. The summed E-state index contributed by atoms with van der Waals surface area (Å²) in [7, 11) is 0. The van der Waals surface area contributed by atoms with Gasteiger partial charge in [0, 0.05) is 16.6 Å². The van der Waals surface area contributed by atoms with Gasteiger partial charge in [0.25, 0.3) is 0 Å². The zero-order valence-electron chi connectivity index (χ0n) is 25.6. The number of para-hydroxylation sites is 1. The van der Waals surface area contributed by atoms with Crippen LogP contribution in [0.3, 0.4) is 0 Å². The van der Waals surface area contributed by atoms with Crippen LogP contribution in [-0.4, -0.2) is 4.57 Å². The van der Waals surface area contributed by atoms with Gasteiger partial charge in [-0.25, -0.2) is 0 Å². The fourth-order valence-electron chi connectivity index (χ4n) is 7.33. The number of nitrogens with zero attached hydrogens (tertiary/aromatic N) is 2. The molecule has 0 atom stereocenters. The SMILES string of the molecule is N#Cc1cc(-c2ccc3c4ccccc4c4ccccc4c3c2)cc(-n2c(-c3ccccc3)c(-c3ccccc3)c3ccccc32)c1. The van der Waals surface area contributed by atoms with Crippen LogP contribution in [0, 0.1) is 11.3 Å². The fraction of sp³-hybridized carbons (Fsp3) is 0. The number of hydrogen-bond donors (Lipinski definition) is 0. The number of benzene rings is 8. The van der Waals surface area contributed by atoms with Crippen LogP contribution in [0.1, 0.15) is 5.56 Å². The zero-order valence-corrected chi connectivity index (χ0v) is 25.6. The highest BCUT2D eigenvalue weighted by Crippen LogP contribution is 2.44. The van der Waals surface area contributed by atoms with E-state index in [0.29, 0.717) is 5.56 Å². The van der Waals surface area contributed by atoms with Crippen molar-refractivity contribution in [3.05, 3.63) is 175 Å². The molecule has 1 heterocycles. The van der Waals surface area contributed by atoms with Crippen molar-refractivity contribution in [2.24, 2.45) is 0 Å². The lowest BCUT2D eigenvalue weighted by Gasteiger charge is -2.16. The van der Waals surface area contributed by atoms with Gasteiger partial charge in [-0.15, -0.1) is 0 Å². The third-order valence-electron chi connectivity index (χ3n) is 9.37. The minimum Gasteiger partial charge on any atom is -0.309 e. The molecule has 1 aromatic heterocycles. The summed E-state index contributed by atoms with van der Waals surface area (Å²) in [6, 6.07) is 62.5. The zero-order chi connectivity index (χ0) is 31.3. The summed E-state index contributed by atoms with van der Waals surface area (Å²) in [6.45, 7) is 0. The first-order valence-corrected chi connectivity index (χ1v) is 15.9. The molecular weight excluding hydrogens is 569 g/mol. The van der Waals surface area contributed by atoms with Gasteiger partial charge in [0.1, 0.15) is 0 Å². The van der Waals surface area contributed by atoms with E-state index >= 15 is 0 Å². The first-order valence-electron chi connectivity index (χ1n) is 15.9. The highest BCUT2D eigenvalue weighted by Gasteiger charge is 2.22. The normalized spacial score (nSPS) is 11.4. The Morgan fingerprint density at radius 1 is 0.383 bits per heavy atom. The van der Waals surface area contributed by atoms with Crippen molar-refractivity contribution in [3.63, 3.8) is 0 Å². The van der Waals surface area contributed by atoms with E-state index in [2.05, 4.69) is 168 Å². The molecule has 0 saturated carbocycles. The van der Waals surface area contributed by atoms with Gasteiger partial charge in [0.15, 0.2) is 0 Å². The molecule has 218 valence electrons. The number of aromatic nitrogens is 1. The first kappa shape index (κ1) is 26.9. The van der Waals surface area contributed by atoms with E-state index in [9.17, 15) is 5.26 Å². The molecule has 0 radical (unpaired) electrons. The molecule has 0 unspecified atom stereocenters. The summed E-state index contributed by atoms with van der Waals surface area (Å²) < 4.78 is 2.33. The predicted molar refractivity (Wildman–Crippen MR) is 197 cm³/mol. The minimum atomic E-state index is 0.624. The topological polar surface area (TPSA) is 28.7 Å². The quantitative estimate of drug-likeness (QED) is 0.186. The number of rotatable bonds is 4. The van der Waals surface area contributed by atoms with Gasteiger partial charge < -0.3 is 4.57 Å². The smallest absolute Gasteiger partial charge is 0.0992 e. The Labute approximate surface area is 273 Å². The molecule has 9 rings (SSSR count). The number of fused-ring (bicyclic) bond motifs is 7. The Morgan fingerprint density at radius 3 is 1.55 bits per heavy atom. The molecule has 0 spiro atoms. The molecule has 0 aliphatic carbocycles. The molecule has 2 heteroatoms. The lowest BCUT2D eigenvalue weighted by molar-refractivity contribution is 1.13. The highest BCUT2D eigenvalue weighted by molar-refractivity contribution is 6.25. The lowest BCUT2D eigenvalue weighted by Crippen LogP contribution is -1.99. The summed E-state index contributed by atoms with van der Waals surface area (Å²) in [6.07, 6.45) is 0. The first-order chi connectivity index (χ1) is 23.3. The summed E-state index contributed by atoms with van der Waals surface area (Å²) in [4.78, 5) is 0.